The largest absolute Gasteiger partial charge is 0.388 e. The number of hydrogen-bond acceptors (Lipinski definition) is 6. The minimum atomic E-state index is -0.584. The van der Waals surface area contributed by atoms with Gasteiger partial charge in [-0.3, -0.25) is 19.3 Å². The van der Waals surface area contributed by atoms with Crippen LogP contribution in [0.4, 0.5) is 10.5 Å². The minimum absolute atomic E-state index is 0.134. The van der Waals surface area contributed by atoms with Gasteiger partial charge < -0.3 is 10.6 Å². The second-order valence-corrected chi connectivity index (χ2v) is 6.48. The number of anilines is 1. The van der Waals surface area contributed by atoms with Crippen molar-refractivity contribution in [2.24, 2.45) is 0 Å². The molecule has 0 spiro atoms. The Morgan fingerprint density at radius 3 is 2.84 bits per heavy atom. The predicted molar refractivity (Wildman–Crippen MR) is 96.1 cm³/mol. The molecule has 25 heavy (non-hydrogen) atoms. The highest BCUT2D eigenvalue weighted by Crippen LogP contribution is 2.20. The van der Waals surface area contributed by atoms with Crippen LogP contribution in [0.25, 0.3) is 0 Å². The van der Waals surface area contributed by atoms with Gasteiger partial charge in [-0.25, -0.2) is 0 Å². The van der Waals surface area contributed by atoms with Crippen LogP contribution in [0.2, 0.25) is 5.02 Å². The molecule has 9 heteroatoms. The third-order valence-electron chi connectivity index (χ3n) is 3.36. The number of halogens is 1. The molecule has 1 fully saturated rings. The van der Waals surface area contributed by atoms with Gasteiger partial charge in [-0.2, -0.15) is 5.26 Å². The number of amides is 3. The Kier molecular flexibility index (Phi) is 6.44. The summed E-state index contributed by atoms with van der Waals surface area (Å²) in [6.45, 7) is 2.26. The van der Waals surface area contributed by atoms with Gasteiger partial charge >= 0.3 is 0 Å². The van der Waals surface area contributed by atoms with Crippen molar-refractivity contribution in [2.45, 2.75) is 6.92 Å². The SMILES string of the molecule is Cc1ccc(NC(=O)/C(C#N)=C\NCCN2C(=O)CSC2=O)cc1Cl. The van der Waals surface area contributed by atoms with E-state index in [2.05, 4.69) is 10.6 Å². The van der Waals surface area contributed by atoms with Crippen LogP contribution in [0.15, 0.2) is 30.0 Å². The Bertz CT molecular complexity index is 772. The molecule has 1 aliphatic heterocycles. The Hall–Kier alpha value is -2.50. The molecule has 2 rings (SSSR count). The van der Waals surface area contributed by atoms with Gasteiger partial charge in [0.2, 0.25) is 5.91 Å². The van der Waals surface area contributed by atoms with Crippen molar-refractivity contribution >= 4 is 46.1 Å². The molecule has 3 amide bonds. The highest BCUT2D eigenvalue weighted by molar-refractivity contribution is 8.14. The standard InChI is InChI=1S/C16H15ClN4O3S/c1-10-2-3-12(6-13(10)17)20-15(23)11(7-18)8-19-4-5-21-14(22)9-25-16(21)24/h2-3,6,8,19H,4-5,9H2,1H3,(H,20,23)/b11-8-. The quantitative estimate of drug-likeness (QED) is 0.447. The summed E-state index contributed by atoms with van der Waals surface area (Å²) in [5.74, 6) is -0.673. The highest BCUT2D eigenvalue weighted by atomic mass is 35.5. The van der Waals surface area contributed by atoms with Crippen molar-refractivity contribution in [3.05, 3.63) is 40.6 Å². The van der Waals surface area contributed by atoms with Gasteiger partial charge in [-0.05, 0) is 24.6 Å². The molecule has 0 aliphatic carbocycles. The molecular weight excluding hydrogens is 364 g/mol. The first-order chi connectivity index (χ1) is 11.9. The monoisotopic (exact) mass is 378 g/mol. The van der Waals surface area contributed by atoms with E-state index < -0.39 is 5.91 Å². The van der Waals surface area contributed by atoms with E-state index >= 15 is 0 Å². The second-order valence-electron chi connectivity index (χ2n) is 5.14. The Labute approximate surface area is 154 Å². The lowest BCUT2D eigenvalue weighted by molar-refractivity contribution is -0.124. The zero-order chi connectivity index (χ0) is 18.4. The van der Waals surface area contributed by atoms with Crippen molar-refractivity contribution in [1.29, 1.82) is 5.26 Å². The summed E-state index contributed by atoms with van der Waals surface area (Å²) in [6.07, 6.45) is 1.25. The molecule has 1 heterocycles. The number of aryl methyl sites for hydroxylation is 1. The first kappa shape index (κ1) is 18.8. The summed E-state index contributed by atoms with van der Waals surface area (Å²) in [5.41, 5.74) is 1.22. The van der Waals surface area contributed by atoms with Gasteiger partial charge in [-0.15, -0.1) is 0 Å². The molecular formula is C16H15ClN4O3S. The summed E-state index contributed by atoms with van der Waals surface area (Å²) in [4.78, 5) is 36.1. The first-order valence-electron chi connectivity index (χ1n) is 7.30. The second kappa shape index (κ2) is 8.55. The Morgan fingerprint density at radius 1 is 1.48 bits per heavy atom. The molecule has 1 aromatic carbocycles. The molecule has 1 saturated heterocycles. The number of nitriles is 1. The lowest BCUT2D eigenvalue weighted by Gasteiger charge is -2.12. The van der Waals surface area contributed by atoms with Gasteiger partial charge in [0.05, 0.1) is 5.75 Å². The topological polar surface area (TPSA) is 102 Å². The van der Waals surface area contributed by atoms with Gasteiger partial charge in [0.25, 0.3) is 11.1 Å². The molecule has 1 aliphatic rings. The van der Waals surface area contributed by atoms with E-state index in [1.165, 1.54) is 6.20 Å². The average molecular weight is 379 g/mol. The van der Waals surface area contributed by atoms with E-state index in [-0.39, 0.29) is 35.6 Å². The van der Waals surface area contributed by atoms with Crippen LogP contribution >= 0.6 is 23.4 Å². The molecule has 2 N–H and O–H groups in total. The van der Waals surface area contributed by atoms with Crippen LogP contribution in [-0.2, 0) is 9.59 Å². The van der Waals surface area contributed by atoms with E-state index in [1.807, 2.05) is 6.92 Å². The zero-order valence-corrected chi connectivity index (χ0v) is 14.9. The van der Waals surface area contributed by atoms with Gasteiger partial charge in [0, 0.05) is 30.0 Å². The maximum absolute atomic E-state index is 12.1. The molecule has 130 valence electrons. The van der Waals surface area contributed by atoms with Crippen molar-refractivity contribution in [3.8, 4) is 6.07 Å². The molecule has 1 aromatic rings. The van der Waals surface area contributed by atoms with Crippen molar-refractivity contribution < 1.29 is 14.4 Å². The third kappa shape index (κ3) is 4.98. The maximum Gasteiger partial charge on any atom is 0.288 e. The van der Waals surface area contributed by atoms with Crippen LogP contribution in [0, 0.1) is 18.3 Å². The van der Waals surface area contributed by atoms with Gasteiger partial charge in [0.15, 0.2) is 0 Å². The fourth-order valence-corrected chi connectivity index (χ4v) is 2.90. The maximum atomic E-state index is 12.1. The lowest BCUT2D eigenvalue weighted by atomic mass is 10.2. The van der Waals surface area contributed by atoms with E-state index in [9.17, 15) is 14.4 Å². The molecule has 0 aromatic heterocycles. The van der Waals surface area contributed by atoms with Crippen molar-refractivity contribution in [1.82, 2.24) is 10.2 Å². The molecule has 0 unspecified atom stereocenters. The van der Waals surface area contributed by atoms with Crippen LogP contribution in [0.3, 0.4) is 0 Å². The summed E-state index contributed by atoms with van der Waals surface area (Å²) in [5, 5.41) is 14.7. The van der Waals surface area contributed by atoms with E-state index in [0.717, 1.165) is 22.2 Å². The molecule has 7 nitrogen and oxygen atoms in total. The van der Waals surface area contributed by atoms with E-state index in [1.54, 1.807) is 24.3 Å². The van der Waals surface area contributed by atoms with Crippen molar-refractivity contribution in [2.75, 3.05) is 24.2 Å². The fourth-order valence-electron chi connectivity index (χ4n) is 1.97. The van der Waals surface area contributed by atoms with Gasteiger partial charge in [-0.1, -0.05) is 29.4 Å². The summed E-state index contributed by atoms with van der Waals surface area (Å²) < 4.78 is 0. The van der Waals surface area contributed by atoms with Crippen molar-refractivity contribution in [3.63, 3.8) is 0 Å². The highest BCUT2D eigenvalue weighted by Gasteiger charge is 2.28. The number of carbonyl (C=O) groups excluding carboxylic acids is 3. The number of carbonyl (C=O) groups is 3. The molecule has 0 saturated carbocycles. The fraction of sp³-hybridized carbons (Fsp3) is 0.250. The number of benzene rings is 1. The number of thioether (sulfide) groups is 1. The Balaban J connectivity index is 1.89. The average Bonchev–Trinajstić information content (AvgIpc) is 2.89. The third-order valence-corrected chi connectivity index (χ3v) is 4.63. The number of rotatable bonds is 6. The zero-order valence-electron chi connectivity index (χ0n) is 13.3. The van der Waals surface area contributed by atoms with E-state index in [4.69, 9.17) is 16.9 Å². The minimum Gasteiger partial charge on any atom is -0.388 e. The number of nitrogens with zero attached hydrogens (tertiary/aromatic N) is 2. The molecule has 0 atom stereocenters. The number of nitrogens with one attached hydrogen (secondary N) is 2. The summed E-state index contributed by atoms with van der Waals surface area (Å²) in [7, 11) is 0. The normalized spacial score (nSPS) is 14.4. The van der Waals surface area contributed by atoms with Crippen LogP contribution in [-0.4, -0.2) is 40.8 Å². The Morgan fingerprint density at radius 2 is 2.24 bits per heavy atom. The predicted octanol–water partition coefficient (Wildman–Crippen LogP) is 2.28. The molecule has 0 bridgehead atoms. The van der Waals surface area contributed by atoms with E-state index in [0.29, 0.717) is 10.7 Å². The van der Waals surface area contributed by atoms with Crippen LogP contribution in [0.1, 0.15) is 5.56 Å². The van der Waals surface area contributed by atoms with Gasteiger partial charge in [0.1, 0.15) is 11.6 Å². The smallest absolute Gasteiger partial charge is 0.288 e. The number of hydrogen-bond donors (Lipinski definition) is 2. The lowest BCUT2D eigenvalue weighted by Crippen LogP contribution is -2.34. The summed E-state index contributed by atoms with van der Waals surface area (Å²) in [6, 6.07) is 6.84. The molecule has 0 radical (unpaired) electrons. The number of imide groups is 1. The van der Waals surface area contributed by atoms with Crippen LogP contribution < -0.4 is 10.6 Å². The van der Waals surface area contributed by atoms with Crippen LogP contribution in [0.5, 0.6) is 0 Å². The first-order valence-corrected chi connectivity index (χ1v) is 8.67. The summed E-state index contributed by atoms with van der Waals surface area (Å²) >= 11 is 6.95.